The van der Waals surface area contributed by atoms with Gasteiger partial charge in [-0.3, -0.25) is 0 Å². The Kier molecular flexibility index (Phi) is 4.22. The van der Waals surface area contributed by atoms with E-state index in [0.717, 1.165) is 17.7 Å². The fourth-order valence-electron chi connectivity index (χ4n) is 2.08. The van der Waals surface area contributed by atoms with Crippen LogP contribution in [0.5, 0.6) is 0 Å². The van der Waals surface area contributed by atoms with Gasteiger partial charge in [0.05, 0.1) is 11.6 Å². The summed E-state index contributed by atoms with van der Waals surface area (Å²) in [6.07, 6.45) is 0.956. The maximum atomic E-state index is 11.1. The molecule has 3 nitrogen and oxygen atoms in total. The van der Waals surface area contributed by atoms with Crippen molar-refractivity contribution in [2.75, 3.05) is 5.32 Å². The smallest absolute Gasteiger partial charge is 0.336 e. The molecule has 0 aliphatic carbocycles. The fourth-order valence-corrected chi connectivity index (χ4v) is 2.94. The predicted molar refractivity (Wildman–Crippen MR) is 79.1 cm³/mol. The highest BCUT2D eigenvalue weighted by Crippen LogP contribution is 2.28. The third-order valence-electron chi connectivity index (χ3n) is 3.19. The molecule has 2 N–H and O–H groups in total. The van der Waals surface area contributed by atoms with Crippen LogP contribution >= 0.6 is 11.3 Å². The summed E-state index contributed by atoms with van der Waals surface area (Å²) >= 11 is 1.71. The van der Waals surface area contributed by atoms with Gasteiger partial charge in [0.1, 0.15) is 0 Å². The maximum absolute atomic E-state index is 11.1. The van der Waals surface area contributed by atoms with Gasteiger partial charge in [0.25, 0.3) is 0 Å². The predicted octanol–water partition coefficient (Wildman–Crippen LogP) is 4.32. The lowest BCUT2D eigenvalue weighted by atomic mass is 10.1. The quantitative estimate of drug-likeness (QED) is 0.854. The summed E-state index contributed by atoms with van der Waals surface area (Å²) in [5.74, 6) is -0.884. The number of anilines is 1. The van der Waals surface area contributed by atoms with E-state index in [1.54, 1.807) is 23.5 Å². The second-order valence-corrected chi connectivity index (χ2v) is 5.38. The first kappa shape index (κ1) is 13.6. The van der Waals surface area contributed by atoms with Crippen molar-refractivity contribution in [1.82, 2.24) is 0 Å². The zero-order chi connectivity index (χ0) is 13.8. The van der Waals surface area contributed by atoms with Gasteiger partial charge in [-0.25, -0.2) is 4.79 Å². The topological polar surface area (TPSA) is 49.3 Å². The fraction of sp³-hybridized carbons (Fsp3) is 0.267. The molecule has 1 aromatic carbocycles. The first-order valence-electron chi connectivity index (χ1n) is 6.26. The summed E-state index contributed by atoms with van der Waals surface area (Å²) in [5.41, 5.74) is 2.02. The number of carboxylic acids is 1. The second kappa shape index (κ2) is 5.89. The van der Waals surface area contributed by atoms with Crippen molar-refractivity contribution < 1.29 is 9.90 Å². The molecule has 1 aromatic heterocycles. The summed E-state index contributed by atoms with van der Waals surface area (Å²) in [4.78, 5) is 12.4. The summed E-state index contributed by atoms with van der Waals surface area (Å²) < 4.78 is 0. The van der Waals surface area contributed by atoms with Crippen molar-refractivity contribution in [1.29, 1.82) is 0 Å². The zero-order valence-electron chi connectivity index (χ0n) is 11.0. The van der Waals surface area contributed by atoms with E-state index in [4.69, 9.17) is 5.11 Å². The van der Waals surface area contributed by atoms with Crippen LogP contribution in [0.3, 0.4) is 0 Å². The molecule has 0 aliphatic heterocycles. The molecule has 1 atom stereocenters. The SMILES string of the molecule is CCC(Nc1cccc(C(=O)O)c1C)c1cccs1. The van der Waals surface area contributed by atoms with Crippen molar-refractivity contribution in [3.05, 3.63) is 51.7 Å². The molecule has 0 saturated carbocycles. The number of nitrogens with one attached hydrogen (secondary N) is 1. The van der Waals surface area contributed by atoms with Crippen molar-refractivity contribution >= 4 is 23.0 Å². The Hall–Kier alpha value is -1.81. The van der Waals surface area contributed by atoms with Crippen LogP contribution in [0.2, 0.25) is 0 Å². The van der Waals surface area contributed by atoms with E-state index < -0.39 is 5.97 Å². The molecule has 0 saturated heterocycles. The van der Waals surface area contributed by atoms with Gasteiger partial charge in [0.2, 0.25) is 0 Å². The first-order chi connectivity index (χ1) is 9.13. The zero-order valence-corrected chi connectivity index (χ0v) is 11.8. The summed E-state index contributed by atoms with van der Waals surface area (Å²) in [7, 11) is 0. The molecule has 100 valence electrons. The lowest BCUT2D eigenvalue weighted by molar-refractivity contribution is 0.0696. The third kappa shape index (κ3) is 2.96. The Morgan fingerprint density at radius 2 is 2.16 bits per heavy atom. The van der Waals surface area contributed by atoms with Crippen LogP contribution in [0.1, 0.15) is 40.2 Å². The average Bonchev–Trinajstić information content (AvgIpc) is 2.91. The number of thiophene rings is 1. The van der Waals surface area contributed by atoms with Crippen LogP contribution in [0.15, 0.2) is 35.7 Å². The standard InChI is InChI=1S/C15H17NO2S/c1-3-12(14-8-5-9-19-14)16-13-7-4-6-11(10(13)2)15(17)18/h4-9,12,16H,3H2,1-2H3,(H,17,18). The third-order valence-corrected chi connectivity index (χ3v) is 4.17. The van der Waals surface area contributed by atoms with Crippen molar-refractivity contribution in [3.63, 3.8) is 0 Å². The number of benzene rings is 1. The summed E-state index contributed by atoms with van der Waals surface area (Å²) in [6.45, 7) is 3.96. The normalized spacial score (nSPS) is 12.1. The van der Waals surface area contributed by atoms with Crippen LogP contribution < -0.4 is 5.32 Å². The van der Waals surface area contributed by atoms with E-state index in [1.165, 1.54) is 4.88 Å². The van der Waals surface area contributed by atoms with E-state index in [0.29, 0.717) is 5.56 Å². The highest BCUT2D eigenvalue weighted by molar-refractivity contribution is 7.10. The van der Waals surface area contributed by atoms with E-state index in [2.05, 4.69) is 23.7 Å². The molecule has 0 amide bonds. The Bertz CT molecular complexity index is 564. The van der Waals surface area contributed by atoms with Gasteiger partial charge in [-0.1, -0.05) is 19.1 Å². The Morgan fingerprint density at radius 3 is 2.74 bits per heavy atom. The monoisotopic (exact) mass is 275 g/mol. The minimum absolute atomic E-state index is 0.225. The number of carboxylic acid groups (broad SMARTS) is 1. The molecule has 1 unspecified atom stereocenters. The summed E-state index contributed by atoms with van der Waals surface area (Å²) in [6, 6.07) is 9.70. The largest absolute Gasteiger partial charge is 0.478 e. The minimum atomic E-state index is -0.884. The highest BCUT2D eigenvalue weighted by atomic mass is 32.1. The summed E-state index contributed by atoms with van der Waals surface area (Å²) in [5, 5.41) is 14.6. The molecule has 1 heterocycles. The Labute approximate surface area is 116 Å². The van der Waals surface area contributed by atoms with Gasteiger partial charge in [0.15, 0.2) is 0 Å². The van der Waals surface area contributed by atoms with Crippen molar-refractivity contribution in [2.24, 2.45) is 0 Å². The minimum Gasteiger partial charge on any atom is -0.478 e. The van der Waals surface area contributed by atoms with Crippen LogP contribution in [0, 0.1) is 6.92 Å². The van der Waals surface area contributed by atoms with E-state index >= 15 is 0 Å². The maximum Gasteiger partial charge on any atom is 0.336 e. The van der Waals surface area contributed by atoms with Gasteiger partial charge < -0.3 is 10.4 Å². The molecule has 0 radical (unpaired) electrons. The number of rotatable bonds is 5. The molecule has 0 bridgehead atoms. The van der Waals surface area contributed by atoms with Crippen LogP contribution in [-0.4, -0.2) is 11.1 Å². The van der Waals surface area contributed by atoms with Crippen LogP contribution in [0.25, 0.3) is 0 Å². The van der Waals surface area contributed by atoms with E-state index in [1.807, 2.05) is 19.1 Å². The molecule has 0 spiro atoms. The lowest BCUT2D eigenvalue weighted by Gasteiger charge is -2.19. The average molecular weight is 275 g/mol. The molecule has 0 aliphatic rings. The molecule has 2 rings (SSSR count). The van der Waals surface area contributed by atoms with Gasteiger partial charge in [-0.2, -0.15) is 0 Å². The number of hydrogen-bond acceptors (Lipinski definition) is 3. The Balaban J connectivity index is 2.28. The van der Waals surface area contributed by atoms with Crippen molar-refractivity contribution in [2.45, 2.75) is 26.3 Å². The van der Waals surface area contributed by atoms with Gasteiger partial charge in [-0.15, -0.1) is 11.3 Å². The van der Waals surface area contributed by atoms with Crippen molar-refractivity contribution in [3.8, 4) is 0 Å². The Morgan fingerprint density at radius 1 is 1.37 bits per heavy atom. The molecular weight excluding hydrogens is 258 g/mol. The lowest BCUT2D eigenvalue weighted by Crippen LogP contribution is -2.11. The van der Waals surface area contributed by atoms with Crippen LogP contribution in [0.4, 0.5) is 5.69 Å². The second-order valence-electron chi connectivity index (χ2n) is 4.40. The molecular formula is C15H17NO2S. The van der Waals surface area contributed by atoms with Gasteiger partial charge >= 0.3 is 5.97 Å². The molecule has 4 heteroatoms. The number of aromatic carboxylic acids is 1. The first-order valence-corrected chi connectivity index (χ1v) is 7.14. The molecule has 2 aromatic rings. The highest BCUT2D eigenvalue weighted by Gasteiger charge is 2.14. The molecule has 0 fully saturated rings. The molecule has 19 heavy (non-hydrogen) atoms. The number of hydrogen-bond donors (Lipinski definition) is 2. The number of carbonyl (C=O) groups is 1. The van der Waals surface area contributed by atoms with Gasteiger partial charge in [-0.05, 0) is 42.5 Å². The van der Waals surface area contributed by atoms with Crippen LogP contribution in [-0.2, 0) is 0 Å². The van der Waals surface area contributed by atoms with Gasteiger partial charge in [0, 0.05) is 10.6 Å². The van der Waals surface area contributed by atoms with E-state index in [9.17, 15) is 4.79 Å². The van der Waals surface area contributed by atoms with E-state index in [-0.39, 0.29) is 6.04 Å².